The molecule has 2 atom stereocenters. The Labute approximate surface area is 75.4 Å². The van der Waals surface area contributed by atoms with E-state index in [1.54, 1.807) is 5.57 Å². The van der Waals surface area contributed by atoms with Crippen LogP contribution in [-0.2, 0) is 0 Å². The van der Waals surface area contributed by atoms with Gasteiger partial charge in [0.15, 0.2) is 0 Å². The summed E-state index contributed by atoms with van der Waals surface area (Å²) >= 11 is 0. The molecule has 2 rings (SSSR count). The number of allylic oxidation sites excluding steroid dienone is 4. The average molecular weight is 162 g/mol. The molecule has 0 bridgehead atoms. The van der Waals surface area contributed by atoms with Crippen molar-refractivity contribution in [2.75, 3.05) is 0 Å². The molecule has 0 heterocycles. The van der Waals surface area contributed by atoms with E-state index in [4.69, 9.17) is 0 Å². The lowest BCUT2D eigenvalue weighted by atomic mass is 9.73. The van der Waals surface area contributed by atoms with Crippen LogP contribution in [0.2, 0.25) is 0 Å². The SMILES string of the molecule is CCC1CC=CC2=CCCC[C@H]21. The predicted molar refractivity (Wildman–Crippen MR) is 53.0 cm³/mol. The fourth-order valence-electron chi connectivity index (χ4n) is 2.62. The van der Waals surface area contributed by atoms with E-state index < -0.39 is 0 Å². The zero-order valence-corrected chi connectivity index (χ0v) is 7.92. The molecule has 0 radical (unpaired) electrons. The Morgan fingerprint density at radius 2 is 2.42 bits per heavy atom. The largest absolute Gasteiger partial charge is 0.0840 e. The highest BCUT2D eigenvalue weighted by Crippen LogP contribution is 2.38. The molecule has 0 aromatic rings. The van der Waals surface area contributed by atoms with Gasteiger partial charge in [0.2, 0.25) is 0 Å². The van der Waals surface area contributed by atoms with Crippen molar-refractivity contribution in [1.29, 1.82) is 0 Å². The maximum atomic E-state index is 2.45. The first kappa shape index (κ1) is 8.10. The minimum absolute atomic E-state index is 0.911. The van der Waals surface area contributed by atoms with Crippen molar-refractivity contribution in [3.8, 4) is 0 Å². The van der Waals surface area contributed by atoms with E-state index in [1.807, 2.05) is 0 Å². The zero-order valence-electron chi connectivity index (χ0n) is 7.92. The summed E-state index contributed by atoms with van der Waals surface area (Å²) in [6.45, 7) is 2.33. The molecule has 12 heavy (non-hydrogen) atoms. The topological polar surface area (TPSA) is 0 Å². The van der Waals surface area contributed by atoms with Gasteiger partial charge in [-0.1, -0.05) is 31.6 Å². The monoisotopic (exact) mass is 162 g/mol. The Balaban J connectivity index is 2.20. The minimum atomic E-state index is 0.911. The third-order valence-corrected chi connectivity index (χ3v) is 3.37. The van der Waals surface area contributed by atoms with Gasteiger partial charge in [-0.3, -0.25) is 0 Å². The Bertz CT molecular complexity index is 210. The van der Waals surface area contributed by atoms with Gasteiger partial charge in [0.25, 0.3) is 0 Å². The number of fused-ring (bicyclic) bond motifs is 1. The first-order valence-electron chi connectivity index (χ1n) is 5.28. The highest BCUT2D eigenvalue weighted by Gasteiger charge is 2.25. The molecule has 0 heteroatoms. The summed E-state index contributed by atoms with van der Waals surface area (Å²) in [7, 11) is 0. The van der Waals surface area contributed by atoms with E-state index in [9.17, 15) is 0 Å². The van der Waals surface area contributed by atoms with Crippen molar-refractivity contribution in [3.63, 3.8) is 0 Å². The molecule has 0 amide bonds. The highest BCUT2D eigenvalue weighted by atomic mass is 14.3. The van der Waals surface area contributed by atoms with Gasteiger partial charge in [-0.05, 0) is 43.1 Å². The van der Waals surface area contributed by atoms with Crippen LogP contribution in [-0.4, -0.2) is 0 Å². The fraction of sp³-hybridized carbons (Fsp3) is 0.667. The summed E-state index contributed by atoms with van der Waals surface area (Å²) in [5.74, 6) is 1.86. The lowest BCUT2D eigenvalue weighted by Crippen LogP contribution is -2.20. The molecule has 0 spiro atoms. The summed E-state index contributed by atoms with van der Waals surface area (Å²) < 4.78 is 0. The van der Waals surface area contributed by atoms with Gasteiger partial charge in [0, 0.05) is 0 Å². The first-order chi connectivity index (χ1) is 5.92. The molecule has 0 saturated heterocycles. The normalized spacial score (nSPS) is 34.2. The van der Waals surface area contributed by atoms with E-state index in [0.717, 1.165) is 11.8 Å². The quantitative estimate of drug-likeness (QED) is 0.551. The van der Waals surface area contributed by atoms with Crippen LogP contribution in [0.25, 0.3) is 0 Å². The lowest BCUT2D eigenvalue weighted by Gasteiger charge is -2.32. The van der Waals surface area contributed by atoms with Crippen molar-refractivity contribution in [3.05, 3.63) is 23.8 Å². The molecule has 0 N–H and O–H groups in total. The van der Waals surface area contributed by atoms with Crippen LogP contribution in [0.15, 0.2) is 23.8 Å². The second kappa shape index (κ2) is 3.47. The molecular formula is C12H18. The van der Waals surface area contributed by atoms with Crippen molar-refractivity contribution in [1.82, 2.24) is 0 Å². The Morgan fingerprint density at radius 3 is 3.25 bits per heavy atom. The van der Waals surface area contributed by atoms with Gasteiger partial charge in [0.05, 0.1) is 0 Å². The summed E-state index contributed by atoms with van der Waals surface area (Å²) in [6.07, 6.45) is 14.0. The Hall–Kier alpha value is -0.520. The maximum absolute atomic E-state index is 2.45. The van der Waals surface area contributed by atoms with Crippen LogP contribution >= 0.6 is 0 Å². The lowest BCUT2D eigenvalue weighted by molar-refractivity contribution is 0.329. The van der Waals surface area contributed by atoms with Crippen molar-refractivity contribution in [2.45, 2.75) is 39.0 Å². The molecule has 0 aromatic carbocycles. The van der Waals surface area contributed by atoms with Gasteiger partial charge in [-0.2, -0.15) is 0 Å². The van der Waals surface area contributed by atoms with Gasteiger partial charge < -0.3 is 0 Å². The van der Waals surface area contributed by atoms with Crippen molar-refractivity contribution in [2.24, 2.45) is 11.8 Å². The molecule has 0 nitrogen and oxygen atoms in total. The van der Waals surface area contributed by atoms with Crippen molar-refractivity contribution >= 4 is 0 Å². The van der Waals surface area contributed by atoms with Crippen LogP contribution < -0.4 is 0 Å². The summed E-state index contributed by atoms with van der Waals surface area (Å²) in [5, 5.41) is 0. The van der Waals surface area contributed by atoms with Gasteiger partial charge in [-0.25, -0.2) is 0 Å². The summed E-state index contributed by atoms with van der Waals surface area (Å²) in [4.78, 5) is 0. The van der Waals surface area contributed by atoms with E-state index in [-0.39, 0.29) is 0 Å². The predicted octanol–water partition coefficient (Wildman–Crippen LogP) is 3.70. The molecule has 0 saturated carbocycles. The smallest absolute Gasteiger partial charge is 0.0134 e. The average Bonchev–Trinajstić information content (AvgIpc) is 2.17. The minimum Gasteiger partial charge on any atom is -0.0840 e. The van der Waals surface area contributed by atoms with E-state index in [1.165, 1.54) is 32.1 Å². The molecule has 1 unspecified atom stereocenters. The highest BCUT2D eigenvalue weighted by molar-refractivity contribution is 5.27. The second-order valence-corrected chi connectivity index (χ2v) is 4.05. The van der Waals surface area contributed by atoms with Gasteiger partial charge in [0.1, 0.15) is 0 Å². The number of hydrogen-bond donors (Lipinski definition) is 0. The fourth-order valence-corrected chi connectivity index (χ4v) is 2.62. The molecule has 66 valence electrons. The Morgan fingerprint density at radius 1 is 1.50 bits per heavy atom. The van der Waals surface area contributed by atoms with Gasteiger partial charge in [-0.15, -0.1) is 0 Å². The molecular weight excluding hydrogens is 144 g/mol. The third-order valence-electron chi connectivity index (χ3n) is 3.37. The molecule has 0 fully saturated rings. The third kappa shape index (κ3) is 1.35. The maximum Gasteiger partial charge on any atom is -0.0134 e. The van der Waals surface area contributed by atoms with Gasteiger partial charge >= 0.3 is 0 Å². The van der Waals surface area contributed by atoms with Crippen LogP contribution in [0.5, 0.6) is 0 Å². The summed E-state index contributed by atoms with van der Waals surface area (Å²) in [6, 6.07) is 0. The van der Waals surface area contributed by atoms with E-state index in [0.29, 0.717) is 0 Å². The van der Waals surface area contributed by atoms with Crippen LogP contribution in [0, 0.1) is 11.8 Å². The van der Waals surface area contributed by atoms with Crippen LogP contribution in [0.4, 0.5) is 0 Å². The number of rotatable bonds is 1. The van der Waals surface area contributed by atoms with Crippen LogP contribution in [0.1, 0.15) is 39.0 Å². The zero-order chi connectivity index (χ0) is 8.39. The van der Waals surface area contributed by atoms with Crippen molar-refractivity contribution < 1.29 is 0 Å². The number of hydrogen-bond acceptors (Lipinski definition) is 0. The van der Waals surface area contributed by atoms with E-state index >= 15 is 0 Å². The molecule has 0 aliphatic heterocycles. The molecule has 0 aromatic heterocycles. The summed E-state index contributed by atoms with van der Waals surface area (Å²) in [5.41, 5.74) is 1.64. The standard InChI is InChI=1S/C12H18/c1-2-10-7-5-8-11-6-3-4-9-12(10)11/h5-6,8,10,12H,2-4,7,9H2,1H3/t10?,12-/m0/s1. The van der Waals surface area contributed by atoms with Crippen LogP contribution in [0.3, 0.4) is 0 Å². The first-order valence-corrected chi connectivity index (χ1v) is 5.28. The molecule has 2 aliphatic rings. The molecule has 2 aliphatic carbocycles. The van der Waals surface area contributed by atoms with E-state index in [2.05, 4.69) is 25.2 Å². The second-order valence-electron chi connectivity index (χ2n) is 4.05. The Kier molecular flexibility index (Phi) is 2.34.